The second kappa shape index (κ2) is 4.93. The van der Waals surface area contributed by atoms with Gasteiger partial charge in [0.2, 0.25) is 0 Å². The predicted octanol–water partition coefficient (Wildman–Crippen LogP) is 2.23. The van der Waals surface area contributed by atoms with Crippen LogP contribution in [0.1, 0.15) is 12.5 Å². The third-order valence-corrected chi connectivity index (χ3v) is 2.07. The van der Waals surface area contributed by atoms with Gasteiger partial charge in [0.1, 0.15) is 10.7 Å². The summed E-state index contributed by atoms with van der Waals surface area (Å²) in [5, 5.41) is 10.4. The molecule has 0 bridgehead atoms. The Balaban J connectivity index is 2.64. The van der Waals surface area contributed by atoms with Crippen LogP contribution >= 0.6 is 12.2 Å². The quantitative estimate of drug-likeness (QED) is 0.614. The number of hydrogen-bond acceptors (Lipinski definition) is 3. The molecule has 0 unspecified atom stereocenters. The number of methoxy groups -OCH3 is 1. The molecule has 0 aliphatic carbocycles. The molecular formula is C10H13NO2S. The van der Waals surface area contributed by atoms with E-state index in [1.54, 1.807) is 14.0 Å². The Labute approximate surface area is 88.9 Å². The molecular weight excluding hydrogens is 198 g/mol. The van der Waals surface area contributed by atoms with Gasteiger partial charge in [-0.15, -0.1) is 0 Å². The average molecular weight is 211 g/mol. The molecule has 4 heteroatoms. The molecule has 0 amide bonds. The predicted molar refractivity (Wildman–Crippen MR) is 58.6 cm³/mol. The monoisotopic (exact) mass is 211 g/mol. The molecule has 0 fully saturated rings. The number of hydroxylamine groups is 2. The zero-order valence-electron chi connectivity index (χ0n) is 8.23. The molecule has 0 heterocycles. The Morgan fingerprint density at radius 3 is 2.43 bits per heavy atom. The van der Waals surface area contributed by atoms with Crippen LogP contribution in [-0.2, 0) is 6.54 Å². The molecule has 0 radical (unpaired) electrons. The van der Waals surface area contributed by atoms with E-state index in [1.165, 1.54) is 0 Å². The topological polar surface area (TPSA) is 32.7 Å². The maximum atomic E-state index is 9.37. The van der Waals surface area contributed by atoms with E-state index < -0.39 is 0 Å². The summed E-state index contributed by atoms with van der Waals surface area (Å²) in [6.45, 7) is 2.08. The molecule has 0 atom stereocenters. The van der Waals surface area contributed by atoms with Crippen molar-refractivity contribution in [3.8, 4) is 5.75 Å². The molecule has 76 valence electrons. The highest BCUT2D eigenvalue weighted by Gasteiger charge is 2.02. The van der Waals surface area contributed by atoms with Crippen molar-refractivity contribution >= 4 is 17.2 Å². The molecule has 1 aromatic rings. The van der Waals surface area contributed by atoms with Crippen LogP contribution in [0.5, 0.6) is 5.75 Å². The van der Waals surface area contributed by atoms with Gasteiger partial charge in [0.15, 0.2) is 0 Å². The van der Waals surface area contributed by atoms with Crippen LogP contribution < -0.4 is 4.74 Å². The minimum atomic E-state index is 0.402. The summed E-state index contributed by atoms with van der Waals surface area (Å²) >= 11 is 4.82. The third kappa shape index (κ3) is 2.97. The van der Waals surface area contributed by atoms with Crippen molar-refractivity contribution in [3.63, 3.8) is 0 Å². The second-order valence-electron chi connectivity index (χ2n) is 2.92. The molecule has 14 heavy (non-hydrogen) atoms. The smallest absolute Gasteiger partial charge is 0.118 e. The van der Waals surface area contributed by atoms with Crippen molar-refractivity contribution in [2.75, 3.05) is 7.11 Å². The normalized spacial score (nSPS) is 9.64. The molecule has 0 aromatic heterocycles. The molecule has 1 N–H and O–H groups in total. The summed E-state index contributed by atoms with van der Waals surface area (Å²) in [5.41, 5.74) is 0.984. The SMILES string of the molecule is COc1ccc(CN(O)C(C)=S)cc1. The van der Waals surface area contributed by atoms with E-state index in [4.69, 9.17) is 17.0 Å². The van der Waals surface area contributed by atoms with Crippen LogP contribution in [0.15, 0.2) is 24.3 Å². The van der Waals surface area contributed by atoms with Crippen molar-refractivity contribution in [1.29, 1.82) is 0 Å². The first-order valence-corrected chi connectivity index (χ1v) is 4.64. The first kappa shape index (κ1) is 10.9. The molecule has 0 aliphatic rings. The fourth-order valence-corrected chi connectivity index (χ4v) is 1.08. The van der Waals surface area contributed by atoms with Crippen LogP contribution in [0.4, 0.5) is 0 Å². The lowest BCUT2D eigenvalue weighted by Gasteiger charge is -2.14. The first-order chi connectivity index (χ1) is 6.63. The number of rotatable bonds is 3. The Bertz CT molecular complexity index is 310. The van der Waals surface area contributed by atoms with Crippen molar-refractivity contribution in [2.45, 2.75) is 13.5 Å². The average Bonchev–Trinajstić information content (AvgIpc) is 2.19. The van der Waals surface area contributed by atoms with Crippen molar-refractivity contribution in [3.05, 3.63) is 29.8 Å². The minimum Gasteiger partial charge on any atom is -0.497 e. The maximum Gasteiger partial charge on any atom is 0.118 e. The van der Waals surface area contributed by atoms with E-state index >= 15 is 0 Å². The summed E-state index contributed by atoms with van der Waals surface area (Å²) in [6.07, 6.45) is 0. The van der Waals surface area contributed by atoms with Crippen molar-refractivity contribution in [2.24, 2.45) is 0 Å². The Morgan fingerprint density at radius 1 is 1.43 bits per heavy atom. The number of hydrogen-bond donors (Lipinski definition) is 1. The van der Waals surface area contributed by atoms with E-state index in [-0.39, 0.29) is 0 Å². The van der Waals surface area contributed by atoms with Gasteiger partial charge >= 0.3 is 0 Å². The van der Waals surface area contributed by atoms with E-state index in [9.17, 15) is 5.21 Å². The molecule has 1 rings (SSSR count). The summed E-state index contributed by atoms with van der Waals surface area (Å²) in [5.74, 6) is 0.803. The second-order valence-corrected chi connectivity index (χ2v) is 3.52. The van der Waals surface area contributed by atoms with Gasteiger partial charge < -0.3 is 4.74 Å². The van der Waals surface area contributed by atoms with E-state index in [0.717, 1.165) is 16.4 Å². The van der Waals surface area contributed by atoms with Crippen LogP contribution in [0, 0.1) is 0 Å². The van der Waals surface area contributed by atoms with Crippen LogP contribution in [0.3, 0.4) is 0 Å². The number of nitrogens with zero attached hydrogens (tertiary/aromatic N) is 1. The van der Waals surface area contributed by atoms with Gasteiger partial charge in [0.25, 0.3) is 0 Å². The maximum absolute atomic E-state index is 9.37. The molecule has 0 saturated heterocycles. The van der Waals surface area contributed by atoms with Gasteiger partial charge in [-0.1, -0.05) is 24.4 Å². The lowest BCUT2D eigenvalue weighted by atomic mass is 10.2. The number of benzene rings is 1. The Kier molecular flexibility index (Phi) is 3.85. The van der Waals surface area contributed by atoms with E-state index in [1.807, 2.05) is 24.3 Å². The van der Waals surface area contributed by atoms with Gasteiger partial charge in [-0.05, 0) is 24.6 Å². The van der Waals surface area contributed by atoms with Crippen molar-refractivity contribution in [1.82, 2.24) is 5.06 Å². The zero-order chi connectivity index (χ0) is 10.6. The lowest BCUT2D eigenvalue weighted by Crippen LogP contribution is -2.22. The number of thiocarbonyl (C=S) groups is 1. The highest BCUT2D eigenvalue weighted by Crippen LogP contribution is 2.12. The lowest BCUT2D eigenvalue weighted by molar-refractivity contribution is -0.0204. The summed E-state index contributed by atoms with van der Waals surface area (Å²) in [7, 11) is 1.62. The largest absolute Gasteiger partial charge is 0.497 e. The third-order valence-electron chi connectivity index (χ3n) is 1.85. The van der Waals surface area contributed by atoms with Crippen LogP contribution in [0.25, 0.3) is 0 Å². The summed E-state index contributed by atoms with van der Waals surface area (Å²) in [6, 6.07) is 7.48. The summed E-state index contributed by atoms with van der Waals surface area (Å²) in [4.78, 5) is 0.459. The highest BCUT2D eigenvalue weighted by atomic mass is 32.1. The van der Waals surface area contributed by atoms with Gasteiger partial charge in [0.05, 0.1) is 13.7 Å². The number of ether oxygens (including phenoxy) is 1. The minimum absolute atomic E-state index is 0.402. The summed E-state index contributed by atoms with van der Waals surface area (Å²) < 4.78 is 5.02. The fraction of sp³-hybridized carbons (Fsp3) is 0.300. The molecule has 0 saturated carbocycles. The van der Waals surface area contributed by atoms with Crippen LogP contribution in [0.2, 0.25) is 0 Å². The molecule has 1 aromatic carbocycles. The van der Waals surface area contributed by atoms with Gasteiger partial charge in [0, 0.05) is 0 Å². The Morgan fingerprint density at radius 2 is 2.00 bits per heavy atom. The fourth-order valence-electron chi connectivity index (χ4n) is 1.02. The van der Waals surface area contributed by atoms with Crippen LogP contribution in [-0.4, -0.2) is 22.4 Å². The zero-order valence-corrected chi connectivity index (χ0v) is 9.04. The van der Waals surface area contributed by atoms with Gasteiger partial charge in [-0.25, -0.2) is 5.06 Å². The molecule has 0 aliphatic heterocycles. The molecule has 0 spiro atoms. The van der Waals surface area contributed by atoms with E-state index in [2.05, 4.69) is 0 Å². The van der Waals surface area contributed by atoms with Gasteiger partial charge in [-0.3, -0.25) is 5.21 Å². The van der Waals surface area contributed by atoms with Gasteiger partial charge in [-0.2, -0.15) is 0 Å². The first-order valence-electron chi connectivity index (χ1n) is 4.23. The van der Waals surface area contributed by atoms with E-state index in [0.29, 0.717) is 11.5 Å². The molecule has 3 nitrogen and oxygen atoms in total. The Hall–Kier alpha value is -1.13. The van der Waals surface area contributed by atoms with Crippen molar-refractivity contribution < 1.29 is 9.94 Å². The highest BCUT2D eigenvalue weighted by molar-refractivity contribution is 7.80. The standard InChI is InChI=1S/C10H13NO2S/c1-8(14)11(12)7-9-3-5-10(13-2)6-4-9/h3-6,12H,7H2,1-2H3.